The molecule has 0 aliphatic heterocycles. The third-order valence-corrected chi connectivity index (χ3v) is 8.99. The van der Waals surface area contributed by atoms with E-state index >= 15 is 0 Å². The van der Waals surface area contributed by atoms with Crippen molar-refractivity contribution in [2.45, 2.75) is 110 Å². The van der Waals surface area contributed by atoms with E-state index < -0.39 is 0 Å². The van der Waals surface area contributed by atoms with Gasteiger partial charge in [0.25, 0.3) is 0 Å². The van der Waals surface area contributed by atoms with Crippen LogP contribution in [0.4, 0.5) is 0 Å². The summed E-state index contributed by atoms with van der Waals surface area (Å²) in [5, 5.41) is 8.90. The minimum atomic E-state index is -0.0933. The Bertz CT molecular complexity index is 1010. The van der Waals surface area contributed by atoms with Crippen LogP contribution in [0, 0.1) is 35.0 Å². The zero-order valence-electron chi connectivity index (χ0n) is 23.2. The first kappa shape index (κ1) is 28.3. The van der Waals surface area contributed by atoms with E-state index in [1.165, 1.54) is 102 Å². The first-order valence-corrected chi connectivity index (χ1v) is 15.2. The number of carbonyl (C=O) groups excluding carboxylic acids is 1. The number of hydrogen-bond acceptors (Lipinski definition) is 5. The average molecular weight is 516 g/mol. The van der Waals surface area contributed by atoms with Gasteiger partial charge in [-0.25, -0.2) is 9.97 Å². The van der Waals surface area contributed by atoms with Crippen LogP contribution in [-0.2, 0) is 4.79 Å². The second kappa shape index (κ2) is 15.0. The summed E-state index contributed by atoms with van der Waals surface area (Å²) in [7, 11) is 0. The molecule has 4 rings (SSSR count). The third-order valence-electron chi connectivity index (χ3n) is 8.99. The van der Waals surface area contributed by atoms with Crippen LogP contribution >= 0.6 is 0 Å². The molecule has 38 heavy (non-hydrogen) atoms. The molecule has 2 aliphatic carbocycles. The number of nitrogens with zero attached hydrogens (tertiary/aromatic N) is 3. The number of rotatable bonds is 12. The predicted molar refractivity (Wildman–Crippen MR) is 151 cm³/mol. The molecule has 1 aromatic carbocycles. The Kier molecular flexibility index (Phi) is 11.2. The SMILES string of the molecule is CCCCCCCCC[C@H]1CC[C@H]([C@H]2CC[C@H](C(=O)Oc3ccc(-c4ncc(C#N)cn4)cc3)CC2)CC1. The molecule has 0 atom stereocenters. The van der Waals surface area contributed by atoms with E-state index in [1.807, 2.05) is 18.2 Å². The van der Waals surface area contributed by atoms with E-state index in [-0.39, 0.29) is 11.9 Å². The summed E-state index contributed by atoms with van der Waals surface area (Å²) in [5.41, 5.74) is 1.26. The Morgan fingerprint density at radius 3 is 2.03 bits per heavy atom. The predicted octanol–water partition coefficient (Wildman–Crippen LogP) is 8.67. The van der Waals surface area contributed by atoms with Crippen molar-refractivity contribution in [1.29, 1.82) is 5.26 Å². The largest absolute Gasteiger partial charge is 0.426 e. The second-order valence-corrected chi connectivity index (χ2v) is 11.7. The molecule has 5 heteroatoms. The van der Waals surface area contributed by atoms with Crippen LogP contribution in [-0.4, -0.2) is 15.9 Å². The Morgan fingerprint density at radius 2 is 1.42 bits per heavy atom. The van der Waals surface area contributed by atoms with Crippen LogP contribution in [0.2, 0.25) is 0 Å². The van der Waals surface area contributed by atoms with E-state index in [1.54, 1.807) is 12.1 Å². The molecule has 0 spiro atoms. The van der Waals surface area contributed by atoms with Gasteiger partial charge < -0.3 is 4.74 Å². The molecule has 0 N–H and O–H groups in total. The van der Waals surface area contributed by atoms with Gasteiger partial charge in [-0.05, 0) is 80.5 Å². The number of ether oxygens (including phenoxy) is 1. The first-order valence-electron chi connectivity index (χ1n) is 15.2. The van der Waals surface area contributed by atoms with Gasteiger partial charge in [0.05, 0.1) is 11.5 Å². The quantitative estimate of drug-likeness (QED) is 0.160. The zero-order valence-corrected chi connectivity index (χ0v) is 23.2. The summed E-state index contributed by atoms with van der Waals surface area (Å²) in [6.07, 6.45) is 24.2. The van der Waals surface area contributed by atoms with Crippen molar-refractivity contribution >= 4 is 5.97 Å². The van der Waals surface area contributed by atoms with E-state index in [4.69, 9.17) is 10.00 Å². The number of hydrogen-bond donors (Lipinski definition) is 0. The standard InChI is InChI=1S/C33H45N3O2/c1-2-3-4-5-6-7-8-9-25-10-12-27(13-11-25)28-14-16-30(17-15-28)33(37)38-31-20-18-29(19-21-31)32-35-23-26(22-34)24-36-32/h18-21,23-25,27-28,30H,2-17H2,1H3/t25-,27-,28-,30-. The van der Waals surface area contributed by atoms with Crippen LogP contribution < -0.4 is 4.74 Å². The molecule has 0 unspecified atom stereocenters. The fraction of sp³-hybridized carbons (Fsp3) is 0.636. The summed E-state index contributed by atoms with van der Waals surface area (Å²) in [5.74, 6) is 3.66. The van der Waals surface area contributed by atoms with Gasteiger partial charge in [-0.3, -0.25) is 4.79 Å². The van der Waals surface area contributed by atoms with E-state index in [0.717, 1.165) is 36.2 Å². The summed E-state index contributed by atoms with van der Waals surface area (Å²) in [4.78, 5) is 21.3. The molecule has 2 fully saturated rings. The number of benzene rings is 1. The lowest BCUT2D eigenvalue weighted by molar-refractivity contribution is -0.140. The Morgan fingerprint density at radius 1 is 0.842 bits per heavy atom. The van der Waals surface area contributed by atoms with E-state index in [0.29, 0.717) is 17.1 Å². The molecular formula is C33H45N3O2. The van der Waals surface area contributed by atoms with Gasteiger partial charge in [0.2, 0.25) is 0 Å². The molecule has 2 aromatic rings. The van der Waals surface area contributed by atoms with Crippen molar-refractivity contribution < 1.29 is 9.53 Å². The fourth-order valence-electron chi connectivity index (χ4n) is 6.57. The highest BCUT2D eigenvalue weighted by Gasteiger charge is 2.33. The minimum absolute atomic E-state index is 0.0152. The van der Waals surface area contributed by atoms with Gasteiger partial charge in [-0.1, -0.05) is 71.1 Å². The second-order valence-electron chi connectivity index (χ2n) is 11.7. The molecule has 0 radical (unpaired) electrons. The lowest BCUT2D eigenvalue weighted by Gasteiger charge is -2.37. The minimum Gasteiger partial charge on any atom is -0.426 e. The van der Waals surface area contributed by atoms with Crippen molar-refractivity contribution in [3.05, 3.63) is 42.2 Å². The van der Waals surface area contributed by atoms with Gasteiger partial charge >= 0.3 is 5.97 Å². The Hall–Kier alpha value is -2.74. The van der Waals surface area contributed by atoms with Crippen LogP contribution in [0.5, 0.6) is 5.75 Å². The summed E-state index contributed by atoms with van der Waals surface area (Å²) >= 11 is 0. The molecule has 204 valence electrons. The Labute approximate surface area is 229 Å². The van der Waals surface area contributed by atoms with Gasteiger partial charge in [-0.15, -0.1) is 0 Å². The topological polar surface area (TPSA) is 75.9 Å². The van der Waals surface area contributed by atoms with Gasteiger partial charge in [0.1, 0.15) is 11.8 Å². The summed E-state index contributed by atoms with van der Waals surface area (Å²) in [6, 6.07) is 9.32. The maximum atomic E-state index is 12.8. The maximum Gasteiger partial charge on any atom is 0.314 e. The zero-order chi connectivity index (χ0) is 26.6. The molecular weight excluding hydrogens is 470 g/mol. The lowest BCUT2D eigenvalue weighted by atomic mass is 9.68. The first-order chi connectivity index (χ1) is 18.7. The number of aromatic nitrogens is 2. The normalized spacial score (nSPS) is 23.5. The summed E-state index contributed by atoms with van der Waals surface area (Å²) < 4.78 is 5.73. The van der Waals surface area contributed by atoms with Crippen molar-refractivity contribution in [2.24, 2.45) is 23.7 Å². The number of esters is 1. The molecule has 0 bridgehead atoms. The molecule has 0 amide bonds. The lowest BCUT2D eigenvalue weighted by Crippen LogP contribution is -2.30. The fourth-order valence-corrected chi connectivity index (χ4v) is 6.57. The molecule has 0 saturated heterocycles. The third kappa shape index (κ3) is 8.38. The number of unbranched alkanes of at least 4 members (excludes halogenated alkanes) is 6. The highest BCUT2D eigenvalue weighted by atomic mass is 16.5. The molecule has 2 saturated carbocycles. The molecule has 2 aliphatic rings. The van der Waals surface area contributed by atoms with Crippen molar-refractivity contribution in [3.8, 4) is 23.2 Å². The molecule has 5 nitrogen and oxygen atoms in total. The van der Waals surface area contributed by atoms with Crippen molar-refractivity contribution in [3.63, 3.8) is 0 Å². The van der Waals surface area contributed by atoms with Crippen LogP contribution in [0.15, 0.2) is 36.7 Å². The van der Waals surface area contributed by atoms with Crippen LogP contribution in [0.25, 0.3) is 11.4 Å². The highest BCUT2D eigenvalue weighted by molar-refractivity contribution is 5.75. The number of nitriles is 1. The van der Waals surface area contributed by atoms with Gasteiger partial charge in [0, 0.05) is 18.0 Å². The van der Waals surface area contributed by atoms with Crippen LogP contribution in [0.1, 0.15) is 115 Å². The van der Waals surface area contributed by atoms with E-state index in [2.05, 4.69) is 16.9 Å². The average Bonchev–Trinajstić information content (AvgIpc) is 2.97. The van der Waals surface area contributed by atoms with Crippen LogP contribution in [0.3, 0.4) is 0 Å². The smallest absolute Gasteiger partial charge is 0.314 e. The van der Waals surface area contributed by atoms with E-state index in [9.17, 15) is 4.79 Å². The maximum absolute atomic E-state index is 12.8. The Balaban J connectivity index is 1.13. The van der Waals surface area contributed by atoms with Gasteiger partial charge in [-0.2, -0.15) is 5.26 Å². The van der Waals surface area contributed by atoms with Crippen molar-refractivity contribution in [2.75, 3.05) is 0 Å². The van der Waals surface area contributed by atoms with Crippen molar-refractivity contribution in [1.82, 2.24) is 9.97 Å². The molecule has 1 aromatic heterocycles. The molecule has 1 heterocycles. The van der Waals surface area contributed by atoms with Gasteiger partial charge in [0.15, 0.2) is 5.82 Å². The highest BCUT2D eigenvalue weighted by Crippen LogP contribution is 2.42. The number of carbonyl (C=O) groups is 1. The monoisotopic (exact) mass is 515 g/mol. The summed E-state index contributed by atoms with van der Waals surface area (Å²) in [6.45, 7) is 2.29.